The van der Waals surface area contributed by atoms with E-state index in [-0.39, 0.29) is 4.71 Å². The fraction of sp³-hybridized carbons (Fsp3) is 1.00. The van der Waals surface area contributed by atoms with Gasteiger partial charge < -0.3 is 0 Å². The van der Waals surface area contributed by atoms with Crippen molar-refractivity contribution in [2.24, 2.45) is 0 Å². The zero-order valence-corrected chi connectivity index (χ0v) is 5.78. The minimum atomic E-state index is 0.0895. The van der Waals surface area contributed by atoms with Crippen molar-refractivity contribution in [1.29, 1.82) is 0 Å². The van der Waals surface area contributed by atoms with E-state index in [1.54, 1.807) is 11.8 Å². The first-order valence-corrected chi connectivity index (χ1v) is 3.80. The van der Waals surface area contributed by atoms with Gasteiger partial charge in [0, 0.05) is 5.88 Å². The molecule has 0 heterocycles. The van der Waals surface area contributed by atoms with Gasteiger partial charge in [-0.25, -0.2) is 0 Å². The molecule has 1 unspecified atom stereocenters. The molecule has 0 aliphatic heterocycles. The van der Waals surface area contributed by atoms with E-state index in [2.05, 4.69) is 0 Å². The quantitative estimate of drug-likeness (QED) is 0.536. The molecule has 38 valence electrons. The lowest BCUT2D eigenvalue weighted by Gasteiger charge is -1.94. The molecule has 0 saturated heterocycles. The van der Waals surface area contributed by atoms with Gasteiger partial charge in [0.05, 0.1) is 4.71 Å². The van der Waals surface area contributed by atoms with E-state index in [4.69, 9.17) is 23.2 Å². The molecular weight excluding hydrogens is 139 g/mol. The van der Waals surface area contributed by atoms with Gasteiger partial charge in [-0.3, -0.25) is 0 Å². The summed E-state index contributed by atoms with van der Waals surface area (Å²) in [7, 11) is 0. The predicted octanol–water partition coefficient (Wildman–Crippen LogP) is 2.15. The number of hydrogen-bond acceptors (Lipinski definition) is 1. The maximum Gasteiger partial charge on any atom is 0.0920 e. The fourth-order valence-corrected chi connectivity index (χ4v) is 0.567. The largest absolute Gasteiger partial charge is 0.144 e. The lowest BCUT2D eigenvalue weighted by atomic mass is 10.9. The number of hydrogen-bond donors (Lipinski definition) is 0. The third-order valence-corrected chi connectivity index (χ3v) is 2.39. The summed E-state index contributed by atoms with van der Waals surface area (Å²) < 4.78 is 0.0895. The van der Waals surface area contributed by atoms with Crippen LogP contribution in [0.5, 0.6) is 0 Å². The second-order valence-corrected chi connectivity index (χ2v) is 2.93. The van der Waals surface area contributed by atoms with E-state index in [0.29, 0.717) is 5.88 Å². The lowest BCUT2D eigenvalue weighted by Crippen LogP contribution is -1.88. The lowest BCUT2D eigenvalue weighted by molar-refractivity contribution is 1.42. The summed E-state index contributed by atoms with van der Waals surface area (Å²) in [5.74, 6) is 0.530. The van der Waals surface area contributed by atoms with E-state index in [1.807, 2.05) is 6.26 Å². The van der Waals surface area contributed by atoms with Crippen LogP contribution in [0.25, 0.3) is 0 Å². The first-order chi connectivity index (χ1) is 2.81. The van der Waals surface area contributed by atoms with Crippen molar-refractivity contribution >= 4 is 35.0 Å². The molecule has 0 rings (SSSR count). The van der Waals surface area contributed by atoms with Crippen LogP contribution in [0.4, 0.5) is 0 Å². The Morgan fingerprint density at radius 2 is 2.33 bits per heavy atom. The average Bonchev–Trinajstić information content (AvgIpc) is 1.65. The molecule has 0 spiro atoms. The van der Waals surface area contributed by atoms with Crippen LogP contribution in [-0.2, 0) is 0 Å². The standard InChI is InChI=1S/C3H6Cl2S/c1-6-3(5)2-4/h3H,2H2,1H3. The highest BCUT2D eigenvalue weighted by molar-refractivity contribution is 8.00. The molecule has 0 aliphatic rings. The predicted molar refractivity (Wildman–Crippen MR) is 33.9 cm³/mol. The number of halogens is 2. The Hall–Kier alpha value is 0.930. The Labute approximate surface area is 52.2 Å². The molecule has 0 fully saturated rings. The van der Waals surface area contributed by atoms with Crippen molar-refractivity contribution < 1.29 is 0 Å². The van der Waals surface area contributed by atoms with Crippen LogP contribution in [0.3, 0.4) is 0 Å². The van der Waals surface area contributed by atoms with Gasteiger partial charge in [-0.15, -0.1) is 35.0 Å². The van der Waals surface area contributed by atoms with Crippen molar-refractivity contribution in [2.75, 3.05) is 12.1 Å². The summed E-state index contributed by atoms with van der Waals surface area (Å²) in [6.07, 6.45) is 1.93. The molecular formula is C3H6Cl2S. The summed E-state index contributed by atoms with van der Waals surface area (Å²) in [6, 6.07) is 0. The van der Waals surface area contributed by atoms with Crippen molar-refractivity contribution in [1.82, 2.24) is 0 Å². The summed E-state index contributed by atoms with van der Waals surface area (Å²) in [5, 5.41) is 0. The number of rotatable bonds is 2. The number of alkyl halides is 2. The van der Waals surface area contributed by atoms with E-state index >= 15 is 0 Å². The first-order valence-electron chi connectivity index (χ1n) is 1.54. The van der Waals surface area contributed by atoms with Gasteiger partial charge >= 0.3 is 0 Å². The molecule has 0 saturated carbocycles. The summed E-state index contributed by atoms with van der Waals surface area (Å²) in [6.45, 7) is 0. The number of thioether (sulfide) groups is 1. The molecule has 0 nitrogen and oxygen atoms in total. The highest BCUT2D eigenvalue weighted by Gasteiger charge is 1.94. The Kier molecular flexibility index (Phi) is 4.73. The molecule has 0 aliphatic carbocycles. The van der Waals surface area contributed by atoms with Crippen LogP contribution in [0.15, 0.2) is 0 Å². The second kappa shape index (κ2) is 4.10. The smallest absolute Gasteiger partial charge is 0.0920 e. The molecule has 6 heavy (non-hydrogen) atoms. The molecule has 0 N–H and O–H groups in total. The normalized spacial score (nSPS) is 14.5. The minimum Gasteiger partial charge on any atom is -0.144 e. The Balaban J connectivity index is 2.75. The molecule has 0 amide bonds. The maximum atomic E-state index is 5.48. The van der Waals surface area contributed by atoms with Crippen molar-refractivity contribution in [2.45, 2.75) is 4.71 Å². The molecule has 0 aromatic rings. The van der Waals surface area contributed by atoms with Crippen molar-refractivity contribution in [3.05, 3.63) is 0 Å². The minimum absolute atomic E-state index is 0.0895. The van der Waals surface area contributed by atoms with Gasteiger partial charge in [0.15, 0.2) is 0 Å². The van der Waals surface area contributed by atoms with Crippen LogP contribution in [0.2, 0.25) is 0 Å². The van der Waals surface area contributed by atoms with Gasteiger partial charge in [0.25, 0.3) is 0 Å². The highest BCUT2D eigenvalue weighted by Crippen LogP contribution is 2.11. The SMILES string of the molecule is CSC(Cl)CCl. The molecule has 0 radical (unpaired) electrons. The fourth-order valence-electron chi connectivity index (χ4n) is 0.0630. The van der Waals surface area contributed by atoms with E-state index in [1.165, 1.54) is 0 Å². The van der Waals surface area contributed by atoms with Gasteiger partial charge in [-0.2, -0.15) is 0 Å². The van der Waals surface area contributed by atoms with Gasteiger partial charge in [-0.05, 0) is 6.26 Å². The summed E-state index contributed by atoms with van der Waals surface area (Å²) in [4.78, 5) is 0. The Bertz CT molecular complexity index is 28.0. The summed E-state index contributed by atoms with van der Waals surface area (Å²) >= 11 is 12.3. The maximum absolute atomic E-state index is 5.48. The first kappa shape index (κ1) is 6.93. The van der Waals surface area contributed by atoms with Crippen LogP contribution >= 0.6 is 35.0 Å². The molecule has 0 aromatic heterocycles. The summed E-state index contributed by atoms with van der Waals surface area (Å²) in [5.41, 5.74) is 0. The third-order valence-electron chi connectivity index (χ3n) is 0.377. The van der Waals surface area contributed by atoms with Crippen LogP contribution in [0, 0.1) is 0 Å². The van der Waals surface area contributed by atoms with Gasteiger partial charge in [0.2, 0.25) is 0 Å². The second-order valence-electron chi connectivity index (χ2n) is 0.800. The molecule has 1 atom stereocenters. The van der Waals surface area contributed by atoms with Crippen molar-refractivity contribution in [3.63, 3.8) is 0 Å². The monoisotopic (exact) mass is 144 g/mol. The Morgan fingerprint density at radius 3 is 2.33 bits per heavy atom. The van der Waals surface area contributed by atoms with Gasteiger partial charge in [0.1, 0.15) is 0 Å². The zero-order chi connectivity index (χ0) is 4.99. The topological polar surface area (TPSA) is 0 Å². The average molecular weight is 145 g/mol. The zero-order valence-electron chi connectivity index (χ0n) is 3.45. The molecule has 3 heteroatoms. The Morgan fingerprint density at radius 1 is 1.83 bits per heavy atom. The van der Waals surface area contributed by atoms with Gasteiger partial charge in [-0.1, -0.05) is 0 Å². The van der Waals surface area contributed by atoms with E-state index in [9.17, 15) is 0 Å². The molecule has 0 bridgehead atoms. The van der Waals surface area contributed by atoms with E-state index in [0.717, 1.165) is 0 Å². The van der Waals surface area contributed by atoms with Crippen LogP contribution < -0.4 is 0 Å². The van der Waals surface area contributed by atoms with Crippen LogP contribution in [0.1, 0.15) is 0 Å². The van der Waals surface area contributed by atoms with Crippen LogP contribution in [-0.4, -0.2) is 16.8 Å². The third kappa shape index (κ3) is 3.13. The van der Waals surface area contributed by atoms with Crippen molar-refractivity contribution in [3.8, 4) is 0 Å². The molecule has 0 aromatic carbocycles. The highest BCUT2D eigenvalue weighted by atomic mass is 35.5. The van der Waals surface area contributed by atoms with E-state index < -0.39 is 0 Å².